The molecule has 0 fully saturated rings. The van der Waals surface area contributed by atoms with Crippen LogP contribution in [0.4, 0.5) is 17.1 Å². The van der Waals surface area contributed by atoms with Crippen molar-refractivity contribution in [2.45, 2.75) is 11.3 Å². The molecule has 0 saturated heterocycles. The molecule has 204 valence electrons. The molecule has 0 saturated carbocycles. The Bertz CT molecular complexity index is 1610. The van der Waals surface area contributed by atoms with E-state index in [0.717, 1.165) is 22.0 Å². The van der Waals surface area contributed by atoms with E-state index in [1.807, 2.05) is 30.3 Å². The largest absolute Gasteiger partial charge is 0.352 e. The number of anilines is 2. The third kappa shape index (κ3) is 6.69. The Labute approximate surface area is 231 Å². The lowest BCUT2D eigenvalue weighted by molar-refractivity contribution is -0.387. The van der Waals surface area contributed by atoms with Crippen molar-refractivity contribution in [1.82, 2.24) is 5.32 Å². The first kappa shape index (κ1) is 28.0. The van der Waals surface area contributed by atoms with Crippen LogP contribution in [0.25, 0.3) is 0 Å². The van der Waals surface area contributed by atoms with Crippen LogP contribution < -0.4 is 14.9 Å². The first-order valence-electron chi connectivity index (χ1n) is 12.3. The number of sulfonamides is 1. The topological polar surface area (TPSA) is 139 Å². The molecular formula is C29H26N4O6S. The highest BCUT2D eigenvalue weighted by Crippen LogP contribution is 2.29. The lowest BCUT2D eigenvalue weighted by atomic mass is 10.1. The molecule has 0 aliphatic rings. The summed E-state index contributed by atoms with van der Waals surface area (Å²) in [6.45, 7) is -0.316. The second-order valence-electron chi connectivity index (χ2n) is 8.66. The van der Waals surface area contributed by atoms with E-state index in [4.69, 9.17) is 0 Å². The normalized spacial score (nSPS) is 10.9. The lowest BCUT2D eigenvalue weighted by Crippen LogP contribution is -2.38. The monoisotopic (exact) mass is 558 g/mol. The quantitative estimate of drug-likeness (QED) is 0.207. The van der Waals surface area contributed by atoms with Crippen LogP contribution in [0.1, 0.15) is 15.9 Å². The fourth-order valence-corrected chi connectivity index (χ4v) is 5.61. The molecule has 10 nitrogen and oxygen atoms in total. The maximum atomic E-state index is 13.6. The van der Waals surface area contributed by atoms with Gasteiger partial charge in [-0.1, -0.05) is 72.8 Å². The highest BCUT2D eigenvalue weighted by molar-refractivity contribution is 7.93. The molecule has 0 aliphatic carbocycles. The van der Waals surface area contributed by atoms with Gasteiger partial charge in [-0.05, 0) is 42.3 Å². The summed E-state index contributed by atoms with van der Waals surface area (Å²) in [6.07, 6.45) is 0.622. The number of benzene rings is 4. The Morgan fingerprint density at radius 2 is 1.40 bits per heavy atom. The van der Waals surface area contributed by atoms with E-state index in [9.17, 15) is 28.1 Å². The molecule has 0 heterocycles. The smallest absolute Gasteiger partial charge is 0.289 e. The van der Waals surface area contributed by atoms with Gasteiger partial charge in [0, 0.05) is 12.6 Å². The molecule has 0 spiro atoms. The molecule has 0 atom stereocenters. The van der Waals surface area contributed by atoms with Crippen LogP contribution in [0.15, 0.2) is 114 Å². The van der Waals surface area contributed by atoms with Crippen molar-refractivity contribution in [3.05, 3.63) is 130 Å². The predicted octanol–water partition coefficient (Wildman–Crippen LogP) is 4.40. The van der Waals surface area contributed by atoms with Gasteiger partial charge in [0.15, 0.2) is 4.90 Å². The van der Waals surface area contributed by atoms with E-state index in [0.29, 0.717) is 13.0 Å². The maximum Gasteiger partial charge on any atom is 0.289 e. The van der Waals surface area contributed by atoms with Gasteiger partial charge in [0.2, 0.25) is 5.91 Å². The molecule has 2 N–H and O–H groups in total. The number of rotatable bonds is 11. The number of amides is 2. The Hall–Kier alpha value is -5.03. The molecular weight excluding hydrogens is 532 g/mol. The van der Waals surface area contributed by atoms with Gasteiger partial charge in [-0.15, -0.1) is 0 Å². The molecule has 4 aromatic carbocycles. The third-order valence-electron chi connectivity index (χ3n) is 5.95. The van der Waals surface area contributed by atoms with Crippen LogP contribution in [-0.4, -0.2) is 38.2 Å². The molecule has 0 aliphatic heterocycles. The average Bonchev–Trinajstić information content (AvgIpc) is 2.97. The van der Waals surface area contributed by atoms with Crippen LogP contribution in [0.2, 0.25) is 0 Å². The predicted molar refractivity (Wildman–Crippen MR) is 152 cm³/mol. The van der Waals surface area contributed by atoms with Crippen LogP contribution in [0.3, 0.4) is 0 Å². The summed E-state index contributed by atoms with van der Waals surface area (Å²) >= 11 is 0. The van der Waals surface area contributed by atoms with Gasteiger partial charge in [0.1, 0.15) is 6.54 Å². The molecule has 40 heavy (non-hydrogen) atoms. The Balaban J connectivity index is 1.55. The van der Waals surface area contributed by atoms with E-state index in [1.165, 1.54) is 30.3 Å². The van der Waals surface area contributed by atoms with Gasteiger partial charge in [-0.3, -0.25) is 24.0 Å². The van der Waals surface area contributed by atoms with Gasteiger partial charge >= 0.3 is 0 Å². The summed E-state index contributed by atoms with van der Waals surface area (Å²) in [4.78, 5) is 36.3. The first-order valence-corrected chi connectivity index (χ1v) is 13.7. The van der Waals surface area contributed by atoms with Crippen molar-refractivity contribution in [2.24, 2.45) is 0 Å². The number of carbonyl (C=O) groups is 2. The van der Waals surface area contributed by atoms with Crippen molar-refractivity contribution in [2.75, 3.05) is 22.7 Å². The Kier molecular flexibility index (Phi) is 8.87. The van der Waals surface area contributed by atoms with Gasteiger partial charge in [0.25, 0.3) is 21.6 Å². The van der Waals surface area contributed by atoms with E-state index in [1.54, 1.807) is 36.4 Å². The summed E-state index contributed by atoms with van der Waals surface area (Å²) in [5, 5.41) is 17.0. The number of hydrogen-bond acceptors (Lipinski definition) is 6. The highest BCUT2D eigenvalue weighted by Gasteiger charge is 2.33. The van der Waals surface area contributed by atoms with Crippen LogP contribution in [0.5, 0.6) is 0 Å². The SMILES string of the molecule is O=C(CN(c1ccccc1)S(=O)(=O)c1ccccc1[N+](=O)[O-])Nc1ccccc1C(=O)NCCc1ccccc1. The van der Waals surface area contributed by atoms with Crippen molar-refractivity contribution < 1.29 is 22.9 Å². The summed E-state index contributed by atoms with van der Waals surface area (Å²) in [5.41, 5.74) is 0.992. The lowest BCUT2D eigenvalue weighted by Gasteiger charge is -2.24. The molecule has 0 bridgehead atoms. The van der Waals surface area contributed by atoms with Crippen molar-refractivity contribution in [3.8, 4) is 0 Å². The number of nitrogens with zero attached hydrogens (tertiary/aromatic N) is 2. The highest BCUT2D eigenvalue weighted by atomic mass is 32.2. The number of nitrogens with one attached hydrogen (secondary N) is 2. The zero-order chi connectivity index (χ0) is 28.5. The summed E-state index contributed by atoms with van der Waals surface area (Å²) in [6, 6.07) is 28.8. The zero-order valence-corrected chi connectivity index (χ0v) is 22.1. The third-order valence-corrected chi connectivity index (χ3v) is 7.77. The fourth-order valence-electron chi connectivity index (χ4n) is 4.02. The minimum atomic E-state index is -4.53. The van der Waals surface area contributed by atoms with E-state index < -0.39 is 43.9 Å². The molecule has 4 rings (SSSR count). The Morgan fingerprint density at radius 3 is 2.10 bits per heavy atom. The van der Waals surface area contributed by atoms with Gasteiger partial charge in [-0.2, -0.15) is 0 Å². The second kappa shape index (κ2) is 12.7. The number of nitro groups is 1. The number of para-hydroxylation sites is 3. The van der Waals surface area contributed by atoms with E-state index >= 15 is 0 Å². The van der Waals surface area contributed by atoms with Crippen molar-refractivity contribution >= 4 is 38.9 Å². The summed E-state index contributed by atoms with van der Waals surface area (Å²) < 4.78 is 28.1. The molecule has 0 radical (unpaired) electrons. The molecule has 0 unspecified atom stereocenters. The van der Waals surface area contributed by atoms with E-state index in [-0.39, 0.29) is 16.9 Å². The van der Waals surface area contributed by atoms with Crippen LogP contribution in [-0.2, 0) is 21.2 Å². The van der Waals surface area contributed by atoms with Crippen molar-refractivity contribution in [1.29, 1.82) is 0 Å². The summed E-state index contributed by atoms with van der Waals surface area (Å²) in [7, 11) is -4.53. The molecule has 0 aromatic heterocycles. The maximum absolute atomic E-state index is 13.6. The average molecular weight is 559 g/mol. The second-order valence-corrected chi connectivity index (χ2v) is 10.5. The number of nitro benzene ring substituents is 1. The van der Waals surface area contributed by atoms with Crippen LogP contribution in [0, 0.1) is 10.1 Å². The standard InChI is InChI=1S/C29H26N4O6S/c34-28(31-25-16-8-7-15-24(25)29(35)30-20-19-22-11-3-1-4-12-22)21-32(23-13-5-2-6-14-23)40(38,39)27-18-10-9-17-26(27)33(36)37/h1-18H,19-21H2,(H,30,35)(H,31,34). The molecule has 2 amide bonds. The minimum absolute atomic E-state index is 0.141. The zero-order valence-electron chi connectivity index (χ0n) is 21.3. The first-order chi connectivity index (χ1) is 19.3. The van der Waals surface area contributed by atoms with Gasteiger partial charge in [0.05, 0.1) is 21.9 Å². The molecule has 11 heteroatoms. The van der Waals surface area contributed by atoms with Crippen LogP contribution >= 0.6 is 0 Å². The summed E-state index contributed by atoms with van der Waals surface area (Å²) in [5.74, 6) is -1.14. The molecule has 4 aromatic rings. The van der Waals surface area contributed by atoms with Gasteiger partial charge in [-0.25, -0.2) is 8.42 Å². The number of carbonyl (C=O) groups excluding carboxylic acids is 2. The Morgan fingerprint density at radius 1 is 0.800 bits per heavy atom. The minimum Gasteiger partial charge on any atom is -0.352 e. The fraction of sp³-hybridized carbons (Fsp3) is 0.103. The number of hydrogen-bond donors (Lipinski definition) is 2. The van der Waals surface area contributed by atoms with Gasteiger partial charge < -0.3 is 10.6 Å². The van der Waals surface area contributed by atoms with E-state index in [2.05, 4.69) is 10.6 Å². The van der Waals surface area contributed by atoms with Crippen molar-refractivity contribution in [3.63, 3.8) is 0 Å².